The summed E-state index contributed by atoms with van der Waals surface area (Å²) >= 11 is 0. The molecule has 0 bridgehead atoms. The zero-order valence-electron chi connectivity index (χ0n) is 47.4. The van der Waals surface area contributed by atoms with E-state index < -0.39 is 47.7 Å². The number of ether oxygens (including phenoxy) is 3. The van der Waals surface area contributed by atoms with Crippen molar-refractivity contribution in [3.05, 3.63) is 119 Å². The molecular weight excluding hydrogens is 1080 g/mol. The molecule has 0 spiro atoms. The molecule has 22 nitrogen and oxygen atoms in total. The number of hydrogen-bond donors (Lipinski definition) is 4. The molecule has 0 aliphatic carbocycles. The van der Waals surface area contributed by atoms with Gasteiger partial charge in [0.15, 0.2) is 11.6 Å². The maximum Gasteiger partial charge on any atom is 0.414 e. The van der Waals surface area contributed by atoms with E-state index in [0.29, 0.717) is 99.3 Å². The van der Waals surface area contributed by atoms with Crippen molar-refractivity contribution in [1.29, 1.82) is 0 Å². The zero-order valence-corrected chi connectivity index (χ0v) is 47.4. The summed E-state index contributed by atoms with van der Waals surface area (Å²) in [5.41, 5.74) is 9.26. The summed E-state index contributed by atoms with van der Waals surface area (Å²) in [4.78, 5) is 119. The smallest absolute Gasteiger partial charge is 0.414 e. The third kappa shape index (κ3) is 17.7. The van der Waals surface area contributed by atoms with Crippen LogP contribution in [0.3, 0.4) is 0 Å². The van der Waals surface area contributed by atoms with Gasteiger partial charge < -0.3 is 55.5 Å². The van der Waals surface area contributed by atoms with E-state index in [1.165, 1.54) is 35.8 Å². The second kappa shape index (κ2) is 28.3. The van der Waals surface area contributed by atoms with Crippen molar-refractivity contribution in [1.82, 2.24) is 25.8 Å². The van der Waals surface area contributed by atoms with Crippen molar-refractivity contribution in [3.63, 3.8) is 0 Å². The number of ketones is 2. The normalized spacial score (nSPS) is 17.0. The fourth-order valence-corrected chi connectivity index (χ4v) is 9.59. The van der Waals surface area contributed by atoms with Crippen molar-refractivity contribution in [2.24, 2.45) is 5.73 Å². The lowest BCUT2D eigenvalue weighted by Crippen LogP contribution is -2.49. The van der Waals surface area contributed by atoms with Crippen molar-refractivity contribution < 1.29 is 66.1 Å². The zero-order chi connectivity index (χ0) is 60.0. The van der Waals surface area contributed by atoms with Gasteiger partial charge >= 0.3 is 18.3 Å². The number of cyclic esters (lactones) is 2. The van der Waals surface area contributed by atoms with Crippen LogP contribution in [0.2, 0.25) is 0 Å². The number of nitrogens with two attached hydrogens (primary N) is 1. The molecule has 4 saturated heterocycles. The Labute approximate surface area is 480 Å². The molecule has 4 aliphatic rings. The number of Topliss-reactive ketones (excluding diaryl/α,β-unsaturated/α-hetero) is 2. The Morgan fingerprint density at radius 3 is 1.36 bits per heavy atom. The Hall–Kier alpha value is -8.67. The molecule has 0 aromatic heterocycles. The summed E-state index contributed by atoms with van der Waals surface area (Å²) in [6.07, 6.45) is -2.56. The monoisotopic (exact) mass is 1150 g/mol. The summed E-state index contributed by atoms with van der Waals surface area (Å²) in [5.74, 6) is -1.81. The lowest BCUT2D eigenvalue weighted by Gasteiger charge is -2.36. The van der Waals surface area contributed by atoms with Gasteiger partial charge in [-0.15, -0.1) is 0 Å². The molecule has 4 aliphatic heterocycles. The van der Waals surface area contributed by atoms with Crippen LogP contribution in [-0.2, 0) is 46.5 Å². The van der Waals surface area contributed by atoms with Gasteiger partial charge in [0.05, 0.1) is 48.9 Å². The third-order valence-corrected chi connectivity index (χ3v) is 14.1. The van der Waals surface area contributed by atoms with Gasteiger partial charge in [-0.05, 0) is 68.3 Å². The van der Waals surface area contributed by atoms with Crippen LogP contribution in [-0.4, -0.2) is 160 Å². The molecule has 83 heavy (non-hydrogen) atoms. The lowest BCUT2D eigenvalue weighted by atomic mass is 10.0. The van der Waals surface area contributed by atoms with E-state index >= 15 is 8.78 Å². The Kier molecular flexibility index (Phi) is 21.2. The standard InChI is InChI=1S/C32H40FN5O7.C27H32FN5O5/c1-21(39)34-18-22-5-7-23(8-6-22)28(40)11-12-29(41)37-15-13-36(14-16-37)27-10-9-24(17-26(27)33)38-20-25(44-31(38)43)19-35-30(42)45-32(2,3)4;1-18(34)30-16-22-17-33(27(37)38-22)21-6-7-24(23(28)14-21)31-10-12-32(13-11-31)26(36)9-8-25(35)20-4-2-19(15-29)3-5-20/h5-10,17,25H,11-16,18-20H2,1-4H3,(H,34,39)(H,35,42);2-7,14,22H,8-13,15-17,29H2,1H3,(H,30,34)/t25-;22-/m00/s1. The van der Waals surface area contributed by atoms with Crippen molar-refractivity contribution in [2.75, 3.05) is 98.1 Å². The second-order valence-electron chi connectivity index (χ2n) is 21.4. The molecule has 0 saturated carbocycles. The number of halogens is 2. The number of hydrogen-bond acceptors (Lipinski definition) is 15. The number of rotatable bonds is 19. The molecule has 8 rings (SSSR count). The number of amides is 7. The molecule has 444 valence electrons. The molecule has 4 heterocycles. The van der Waals surface area contributed by atoms with Crippen LogP contribution in [0.5, 0.6) is 0 Å². The minimum atomic E-state index is -0.656. The largest absolute Gasteiger partial charge is 0.444 e. The summed E-state index contributed by atoms with van der Waals surface area (Å²) < 4.78 is 46.0. The second-order valence-corrected chi connectivity index (χ2v) is 21.4. The summed E-state index contributed by atoms with van der Waals surface area (Å²) in [6.45, 7) is 12.8. The minimum Gasteiger partial charge on any atom is -0.444 e. The summed E-state index contributed by atoms with van der Waals surface area (Å²) in [5, 5.41) is 7.89. The predicted molar refractivity (Wildman–Crippen MR) is 304 cm³/mol. The molecular formula is C59H72F2N10O12. The van der Waals surface area contributed by atoms with E-state index in [4.69, 9.17) is 19.9 Å². The highest BCUT2D eigenvalue weighted by Gasteiger charge is 2.35. The van der Waals surface area contributed by atoms with E-state index in [0.717, 1.165) is 11.1 Å². The number of alkyl carbamates (subject to hydrolysis) is 1. The number of carbonyl (C=O) groups is 9. The minimum absolute atomic E-state index is 0.0586. The van der Waals surface area contributed by atoms with Gasteiger partial charge in [-0.1, -0.05) is 48.5 Å². The van der Waals surface area contributed by atoms with E-state index in [2.05, 4.69) is 16.0 Å². The molecule has 24 heteroatoms. The Morgan fingerprint density at radius 2 is 0.976 bits per heavy atom. The maximum absolute atomic E-state index is 15.2. The molecule has 0 unspecified atom stereocenters. The highest BCUT2D eigenvalue weighted by atomic mass is 19.1. The van der Waals surface area contributed by atoms with Crippen LogP contribution in [0.25, 0.3) is 0 Å². The quantitative estimate of drug-likeness (QED) is 0.0650. The van der Waals surface area contributed by atoms with Crippen LogP contribution in [0, 0.1) is 11.6 Å². The molecule has 4 aromatic carbocycles. The van der Waals surface area contributed by atoms with Gasteiger partial charge in [-0.3, -0.25) is 38.6 Å². The van der Waals surface area contributed by atoms with Gasteiger partial charge in [0.2, 0.25) is 23.6 Å². The van der Waals surface area contributed by atoms with E-state index in [1.807, 2.05) is 21.9 Å². The molecule has 4 fully saturated rings. The number of nitrogens with one attached hydrogen (secondary N) is 3. The first kappa shape index (κ1) is 61.9. The van der Waals surface area contributed by atoms with Crippen LogP contribution >= 0.6 is 0 Å². The molecule has 0 radical (unpaired) electrons. The van der Waals surface area contributed by atoms with Gasteiger partial charge in [0.1, 0.15) is 29.4 Å². The fraction of sp³-hybridized carbons (Fsp3) is 0.441. The van der Waals surface area contributed by atoms with Crippen LogP contribution in [0.1, 0.15) is 92.1 Å². The average molecular weight is 1150 g/mol. The summed E-state index contributed by atoms with van der Waals surface area (Å²) in [6, 6.07) is 23.1. The predicted octanol–water partition coefficient (Wildman–Crippen LogP) is 5.68. The highest BCUT2D eigenvalue weighted by Crippen LogP contribution is 2.31. The Bertz CT molecular complexity index is 3020. The number of anilines is 4. The molecule has 2 atom stereocenters. The van der Waals surface area contributed by atoms with Crippen LogP contribution in [0.15, 0.2) is 84.9 Å². The molecule has 5 N–H and O–H groups in total. The van der Waals surface area contributed by atoms with Gasteiger partial charge in [-0.25, -0.2) is 23.2 Å². The topological polar surface area (TPSA) is 263 Å². The third-order valence-electron chi connectivity index (χ3n) is 14.1. The van der Waals surface area contributed by atoms with Gasteiger partial charge in [-0.2, -0.15) is 0 Å². The van der Waals surface area contributed by atoms with Crippen molar-refractivity contribution in [2.45, 2.75) is 91.2 Å². The first-order valence-electron chi connectivity index (χ1n) is 27.5. The number of nitrogens with zero attached hydrogens (tertiary/aromatic N) is 6. The SMILES string of the molecule is CC(=O)NC[C@H]1CN(c2ccc(N3CCN(C(=O)CCC(=O)c4ccc(CN)cc4)CC3)c(F)c2)C(=O)O1.CC(=O)NCc1ccc(C(=O)CCC(=O)N2CCN(c3ccc(N4C[C@H](CNC(=O)OC(C)(C)C)OC4=O)cc3F)CC2)cc1. The molecule has 7 amide bonds. The first-order valence-corrected chi connectivity index (χ1v) is 27.5. The van der Waals surface area contributed by atoms with Crippen molar-refractivity contribution >= 4 is 76.2 Å². The molecule has 4 aromatic rings. The van der Waals surface area contributed by atoms with Gasteiger partial charge in [0.25, 0.3) is 0 Å². The highest BCUT2D eigenvalue weighted by molar-refractivity contribution is 5.99. The Balaban J connectivity index is 0.000000242. The number of piperazine rings is 2. The number of benzene rings is 4. The first-order chi connectivity index (χ1) is 39.5. The lowest BCUT2D eigenvalue weighted by molar-refractivity contribution is -0.132. The van der Waals surface area contributed by atoms with Crippen LogP contribution in [0.4, 0.5) is 45.9 Å². The van der Waals surface area contributed by atoms with Gasteiger partial charge in [0, 0.05) is 116 Å². The summed E-state index contributed by atoms with van der Waals surface area (Å²) in [7, 11) is 0. The fourth-order valence-electron chi connectivity index (χ4n) is 9.59. The Morgan fingerprint density at radius 1 is 0.566 bits per heavy atom. The van der Waals surface area contributed by atoms with Crippen LogP contribution < -0.4 is 41.3 Å². The van der Waals surface area contributed by atoms with E-state index in [-0.39, 0.29) is 87.1 Å². The van der Waals surface area contributed by atoms with E-state index in [1.54, 1.807) is 91.2 Å². The maximum atomic E-state index is 15.2. The van der Waals surface area contributed by atoms with E-state index in [9.17, 15) is 43.2 Å². The number of carbonyl (C=O) groups excluding carboxylic acids is 9. The average Bonchev–Trinajstić information content (AvgIpc) is 4.20. The van der Waals surface area contributed by atoms with Crippen molar-refractivity contribution in [3.8, 4) is 0 Å².